The van der Waals surface area contributed by atoms with Gasteiger partial charge < -0.3 is 15.0 Å². The molecule has 1 atom stereocenters. The van der Waals surface area contributed by atoms with Crippen molar-refractivity contribution in [1.82, 2.24) is 0 Å². The molecule has 128 valence electrons. The van der Waals surface area contributed by atoms with Crippen molar-refractivity contribution in [2.75, 3.05) is 16.8 Å². The molecule has 0 saturated heterocycles. The van der Waals surface area contributed by atoms with Crippen LogP contribution < -0.4 is 15.0 Å². The zero-order chi connectivity index (χ0) is 18.0. The highest BCUT2D eigenvalue weighted by molar-refractivity contribution is 6.30. The molecule has 0 radical (unpaired) electrons. The van der Waals surface area contributed by atoms with Crippen LogP contribution in [0.5, 0.6) is 5.75 Å². The van der Waals surface area contributed by atoms with E-state index in [-0.39, 0.29) is 11.8 Å². The Balaban J connectivity index is 1.87. The number of benzene rings is 2. The number of anilines is 2. The standard InChI is InChI=1S/C19H17ClN2O3/c1-3-10-22-16-11-15(8-9-17(16)25-12(2)19(22)24)21-18(23)13-4-6-14(20)7-5-13/h3-9,11-12H,1,10H2,2H3,(H,21,23). The molecule has 1 aliphatic heterocycles. The second kappa shape index (κ2) is 6.99. The van der Waals surface area contributed by atoms with Crippen LogP contribution in [0.25, 0.3) is 0 Å². The molecule has 2 amide bonds. The van der Waals surface area contributed by atoms with Gasteiger partial charge in [0.15, 0.2) is 6.10 Å². The van der Waals surface area contributed by atoms with Crippen molar-refractivity contribution in [1.29, 1.82) is 0 Å². The van der Waals surface area contributed by atoms with Crippen LogP contribution in [0.4, 0.5) is 11.4 Å². The van der Waals surface area contributed by atoms with Gasteiger partial charge in [0.25, 0.3) is 11.8 Å². The fourth-order valence-electron chi connectivity index (χ4n) is 2.61. The SMILES string of the molecule is C=CCN1C(=O)C(C)Oc2ccc(NC(=O)c3ccc(Cl)cc3)cc21. The summed E-state index contributed by atoms with van der Waals surface area (Å²) in [7, 11) is 0. The summed E-state index contributed by atoms with van der Waals surface area (Å²) in [4.78, 5) is 26.2. The fraction of sp³-hybridized carbons (Fsp3) is 0.158. The number of hydrogen-bond donors (Lipinski definition) is 1. The van der Waals surface area contributed by atoms with Gasteiger partial charge in [0.05, 0.1) is 5.69 Å². The normalized spacial score (nSPS) is 16.0. The number of fused-ring (bicyclic) bond motifs is 1. The minimum absolute atomic E-state index is 0.145. The van der Waals surface area contributed by atoms with Gasteiger partial charge >= 0.3 is 0 Å². The number of carbonyl (C=O) groups is 2. The molecule has 2 aromatic rings. The fourth-order valence-corrected chi connectivity index (χ4v) is 2.73. The smallest absolute Gasteiger partial charge is 0.268 e. The molecule has 1 aliphatic rings. The third-order valence-corrected chi connectivity index (χ3v) is 4.10. The van der Waals surface area contributed by atoms with E-state index in [2.05, 4.69) is 11.9 Å². The summed E-state index contributed by atoms with van der Waals surface area (Å²) in [6, 6.07) is 11.8. The highest BCUT2D eigenvalue weighted by atomic mass is 35.5. The van der Waals surface area contributed by atoms with Gasteiger partial charge in [-0.2, -0.15) is 0 Å². The van der Waals surface area contributed by atoms with Gasteiger partial charge in [-0.05, 0) is 49.4 Å². The van der Waals surface area contributed by atoms with Crippen molar-refractivity contribution >= 4 is 34.8 Å². The molecule has 2 aromatic carbocycles. The average molecular weight is 357 g/mol. The summed E-state index contributed by atoms with van der Waals surface area (Å²) in [5.74, 6) is 0.190. The first-order chi connectivity index (χ1) is 12.0. The van der Waals surface area contributed by atoms with E-state index in [1.54, 1.807) is 60.4 Å². The van der Waals surface area contributed by atoms with E-state index < -0.39 is 6.10 Å². The zero-order valence-corrected chi connectivity index (χ0v) is 14.4. The van der Waals surface area contributed by atoms with Gasteiger partial charge in [0, 0.05) is 22.8 Å². The number of carbonyl (C=O) groups excluding carboxylic acids is 2. The Morgan fingerprint density at radius 1 is 1.32 bits per heavy atom. The Hall–Kier alpha value is -2.79. The van der Waals surface area contributed by atoms with Crippen molar-refractivity contribution in [2.24, 2.45) is 0 Å². The minimum atomic E-state index is -0.554. The molecule has 3 rings (SSSR count). The Morgan fingerprint density at radius 3 is 2.72 bits per heavy atom. The maximum Gasteiger partial charge on any atom is 0.268 e. The third kappa shape index (κ3) is 3.51. The Morgan fingerprint density at radius 2 is 2.04 bits per heavy atom. The zero-order valence-electron chi connectivity index (χ0n) is 13.7. The van der Waals surface area contributed by atoms with Crippen LogP contribution in [0.15, 0.2) is 55.1 Å². The largest absolute Gasteiger partial charge is 0.479 e. The molecule has 0 saturated carbocycles. The summed E-state index contributed by atoms with van der Waals surface area (Å²) >= 11 is 5.84. The summed E-state index contributed by atoms with van der Waals surface area (Å²) in [6.45, 7) is 5.76. The van der Waals surface area contributed by atoms with Gasteiger partial charge in [-0.25, -0.2) is 0 Å². The molecule has 0 aliphatic carbocycles. The molecule has 0 spiro atoms. The monoisotopic (exact) mass is 356 g/mol. The first-order valence-corrected chi connectivity index (χ1v) is 8.17. The Kier molecular flexibility index (Phi) is 4.76. The quantitative estimate of drug-likeness (QED) is 0.845. The van der Waals surface area contributed by atoms with Crippen LogP contribution in [-0.4, -0.2) is 24.5 Å². The van der Waals surface area contributed by atoms with Gasteiger partial charge in [-0.3, -0.25) is 9.59 Å². The predicted octanol–water partition coefficient (Wildman–Crippen LogP) is 3.89. The number of amides is 2. The molecular weight excluding hydrogens is 340 g/mol. The maximum atomic E-state index is 12.3. The second-order valence-corrected chi connectivity index (χ2v) is 6.08. The van der Waals surface area contributed by atoms with E-state index in [0.717, 1.165) is 0 Å². The second-order valence-electron chi connectivity index (χ2n) is 5.64. The number of halogens is 1. The first-order valence-electron chi connectivity index (χ1n) is 7.79. The van der Waals surface area contributed by atoms with Crippen molar-refractivity contribution in [3.8, 4) is 5.75 Å². The van der Waals surface area contributed by atoms with E-state index in [4.69, 9.17) is 16.3 Å². The Labute approximate surface area is 150 Å². The number of ether oxygens (including phenoxy) is 1. The van der Waals surface area contributed by atoms with E-state index in [0.29, 0.717) is 34.3 Å². The number of nitrogens with one attached hydrogen (secondary N) is 1. The van der Waals surface area contributed by atoms with Gasteiger partial charge in [0.2, 0.25) is 0 Å². The lowest BCUT2D eigenvalue weighted by atomic mass is 10.1. The van der Waals surface area contributed by atoms with Gasteiger partial charge in [-0.1, -0.05) is 17.7 Å². The van der Waals surface area contributed by atoms with E-state index in [1.807, 2.05) is 0 Å². The van der Waals surface area contributed by atoms with Crippen LogP contribution in [0.2, 0.25) is 5.02 Å². The van der Waals surface area contributed by atoms with Gasteiger partial charge in [0.1, 0.15) is 5.75 Å². The van der Waals surface area contributed by atoms with Crippen LogP contribution in [0.3, 0.4) is 0 Å². The van der Waals surface area contributed by atoms with Crippen molar-refractivity contribution in [3.05, 3.63) is 65.7 Å². The van der Waals surface area contributed by atoms with Crippen LogP contribution in [-0.2, 0) is 4.79 Å². The van der Waals surface area contributed by atoms with Crippen molar-refractivity contribution in [2.45, 2.75) is 13.0 Å². The highest BCUT2D eigenvalue weighted by Crippen LogP contribution is 2.36. The van der Waals surface area contributed by atoms with Crippen LogP contribution >= 0.6 is 11.6 Å². The summed E-state index contributed by atoms with van der Waals surface area (Å²) in [6.07, 6.45) is 1.10. The van der Waals surface area contributed by atoms with E-state index in [9.17, 15) is 9.59 Å². The predicted molar refractivity (Wildman–Crippen MR) is 98.5 cm³/mol. The van der Waals surface area contributed by atoms with E-state index >= 15 is 0 Å². The molecule has 5 nitrogen and oxygen atoms in total. The van der Waals surface area contributed by atoms with Crippen LogP contribution in [0.1, 0.15) is 17.3 Å². The number of rotatable bonds is 4. The van der Waals surface area contributed by atoms with E-state index in [1.165, 1.54) is 0 Å². The summed E-state index contributed by atoms with van der Waals surface area (Å²) in [5.41, 5.74) is 1.67. The molecule has 1 heterocycles. The molecule has 1 N–H and O–H groups in total. The maximum absolute atomic E-state index is 12.3. The van der Waals surface area contributed by atoms with Gasteiger partial charge in [-0.15, -0.1) is 6.58 Å². The molecule has 0 bridgehead atoms. The first kappa shape index (κ1) is 17.0. The lowest BCUT2D eigenvalue weighted by Crippen LogP contribution is -2.44. The third-order valence-electron chi connectivity index (χ3n) is 3.84. The van der Waals surface area contributed by atoms with Crippen molar-refractivity contribution < 1.29 is 14.3 Å². The highest BCUT2D eigenvalue weighted by Gasteiger charge is 2.31. The topological polar surface area (TPSA) is 58.6 Å². The summed E-state index contributed by atoms with van der Waals surface area (Å²) in [5, 5.41) is 3.38. The molecule has 1 unspecified atom stereocenters. The molecule has 0 aromatic heterocycles. The molecular formula is C19H17ClN2O3. The Bertz CT molecular complexity index is 833. The molecule has 25 heavy (non-hydrogen) atoms. The minimum Gasteiger partial charge on any atom is -0.479 e. The summed E-state index contributed by atoms with van der Waals surface area (Å²) < 4.78 is 5.63. The molecule has 0 fully saturated rings. The van der Waals surface area contributed by atoms with Crippen molar-refractivity contribution in [3.63, 3.8) is 0 Å². The average Bonchev–Trinajstić information content (AvgIpc) is 2.60. The molecule has 6 heteroatoms. The lowest BCUT2D eigenvalue weighted by Gasteiger charge is -2.32. The number of hydrogen-bond acceptors (Lipinski definition) is 3. The lowest BCUT2D eigenvalue weighted by molar-refractivity contribution is -0.125. The number of nitrogens with zero attached hydrogens (tertiary/aromatic N) is 1. The van der Waals surface area contributed by atoms with Crippen LogP contribution in [0, 0.1) is 0 Å².